The second-order valence-electron chi connectivity index (χ2n) is 3.87. The number of nitrogens with zero attached hydrogens (tertiary/aromatic N) is 1. The third-order valence-electron chi connectivity index (χ3n) is 2.08. The Morgan fingerprint density at radius 3 is 2.67 bits per heavy atom. The summed E-state index contributed by atoms with van der Waals surface area (Å²) < 4.78 is 5.30. The van der Waals surface area contributed by atoms with E-state index in [4.69, 9.17) is 16.3 Å². The van der Waals surface area contributed by atoms with E-state index in [0.717, 1.165) is 6.54 Å². The van der Waals surface area contributed by atoms with Crippen LogP contribution in [0.4, 0.5) is 0 Å². The lowest BCUT2D eigenvalue weighted by Gasteiger charge is -2.11. The predicted octanol–water partition coefficient (Wildman–Crippen LogP) is -1.60. The van der Waals surface area contributed by atoms with Crippen molar-refractivity contribution in [3.8, 4) is 5.75 Å². The number of halogens is 2. The van der Waals surface area contributed by atoms with Crippen molar-refractivity contribution in [2.75, 3.05) is 33.8 Å². The van der Waals surface area contributed by atoms with Crippen LogP contribution in [0.5, 0.6) is 5.75 Å². The number of amides is 1. The van der Waals surface area contributed by atoms with E-state index in [0.29, 0.717) is 17.3 Å². The average Bonchev–Trinajstić information content (AvgIpc) is 2.27. The number of hydrogen-bond donors (Lipinski definition) is 1. The van der Waals surface area contributed by atoms with Crippen LogP contribution in [-0.4, -0.2) is 44.6 Å². The van der Waals surface area contributed by atoms with Crippen LogP contribution in [0.2, 0.25) is 5.02 Å². The van der Waals surface area contributed by atoms with Crippen LogP contribution in [0.3, 0.4) is 0 Å². The quantitative estimate of drug-likeness (QED) is 0.687. The first-order valence-electron chi connectivity index (χ1n) is 5.38. The molecule has 1 aromatic rings. The van der Waals surface area contributed by atoms with Crippen LogP contribution in [0, 0.1) is 0 Å². The standard InChI is InChI=1S/C12H17ClN2O2.ClH/c1-15(2)8-7-14-12(16)9-17-11-6-4-3-5-10(11)13;/h3-6H,7-9H2,1-2H3,(H,14,16);1H/p-1. The molecular formula is C12H17Cl2N2O2-. The summed E-state index contributed by atoms with van der Waals surface area (Å²) in [6, 6.07) is 7.08. The van der Waals surface area contributed by atoms with Gasteiger partial charge in [0, 0.05) is 13.1 Å². The molecule has 0 aliphatic carbocycles. The molecule has 0 bridgehead atoms. The maximum atomic E-state index is 11.4. The molecule has 0 spiro atoms. The zero-order valence-corrected chi connectivity index (χ0v) is 12.0. The highest BCUT2D eigenvalue weighted by Gasteiger charge is 2.04. The second kappa shape index (κ2) is 9.03. The Balaban J connectivity index is 0.00000289. The number of benzene rings is 1. The summed E-state index contributed by atoms with van der Waals surface area (Å²) in [4.78, 5) is 13.4. The summed E-state index contributed by atoms with van der Waals surface area (Å²) in [5, 5.41) is 3.26. The maximum Gasteiger partial charge on any atom is 0.257 e. The summed E-state index contributed by atoms with van der Waals surface area (Å²) in [7, 11) is 3.90. The van der Waals surface area contributed by atoms with E-state index in [1.807, 2.05) is 31.1 Å². The van der Waals surface area contributed by atoms with Gasteiger partial charge in [-0.2, -0.15) is 0 Å². The Morgan fingerprint density at radius 1 is 1.39 bits per heavy atom. The molecule has 0 fully saturated rings. The summed E-state index contributed by atoms with van der Waals surface area (Å²) >= 11 is 5.89. The highest BCUT2D eigenvalue weighted by atomic mass is 35.5. The van der Waals surface area contributed by atoms with E-state index in [1.165, 1.54) is 0 Å². The molecule has 1 amide bonds. The number of rotatable bonds is 6. The van der Waals surface area contributed by atoms with Crippen LogP contribution in [0.15, 0.2) is 24.3 Å². The fourth-order valence-electron chi connectivity index (χ4n) is 1.18. The normalized spacial score (nSPS) is 9.78. The summed E-state index contributed by atoms with van der Waals surface area (Å²) in [5.41, 5.74) is 0. The molecule has 102 valence electrons. The summed E-state index contributed by atoms with van der Waals surface area (Å²) in [6.45, 7) is 1.40. The molecule has 0 unspecified atom stereocenters. The van der Waals surface area contributed by atoms with E-state index in [2.05, 4.69) is 5.32 Å². The average molecular weight is 292 g/mol. The van der Waals surface area contributed by atoms with E-state index in [-0.39, 0.29) is 24.9 Å². The van der Waals surface area contributed by atoms with Crippen LogP contribution in [0.25, 0.3) is 0 Å². The highest BCUT2D eigenvalue weighted by Crippen LogP contribution is 2.22. The summed E-state index contributed by atoms with van der Waals surface area (Å²) in [5.74, 6) is 0.378. The fraction of sp³-hybridized carbons (Fsp3) is 0.417. The molecule has 18 heavy (non-hydrogen) atoms. The largest absolute Gasteiger partial charge is 1.00 e. The van der Waals surface area contributed by atoms with Gasteiger partial charge in [0.05, 0.1) is 5.02 Å². The molecule has 0 saturated heterocycles. The van der Waals surface area contributed by atoms with Crippen molar-refractivity contribution in [1.29, 1.82) is 0 Å². The van der Waals surface area contributed by atoms with Gasteiger partial charge in [0.1, 0.15) is 5.75 Å². The lowest BCUT2D eigenvalue weighted by Crippen LogP contribution is -3.00. The first-order valence-corrected chi connectivity index (χ1v) is 5.76. The van der Waals surface area contributed by atoms with E-state index in [9.17, 15) is 4.79 Å². The Labute approximate surface area is 119 Å². The lowest BCUT2D eigenvalue weighted by molar-refractivity contribution is -0.123. The predicted molar refractivity (Wildman–Crippen MR) is 68.5 cm³/mol. The number of hydrogen-bond acceptors (Lipinski definition) is 3. The second-order valence-corrected chi connectivity index (χ2v) is 4.28. The van der Waals surface area contributed by atoms with Gasteiger partial charge in [0.15, 0.2) is 6.61 Å². The van der Waals surface area contributed by atoms with Gasteiger partial charge < -0.3 is 27.4 Å². The third-order valence-corrected chi connectivity index (χ3v) is 2.39. The number of nitrogens with one attached hydrogen (secondary N) is 1. The van der Waals surface area contributed by atoms with Crippen molar-refractivity contribution in [1.82, 2.24) is 10.2 Å². The Kier molecular flexibility index (Phi) is 8.54. The zero-order chi connectivity index (χ0) is 12.7. The van der Waals surface area contributed by atoms with E-state index < -0.39 is 0 Å². The minimum absolute atomic E-state index is 0. The fourth-order valence-corrected chi connectivity index (χ4v) is 1.37. The van der Waals surface area contributed by atoms with Crippen LogP contribution < -0.4 is 22.5 Å². The van der Waals surface area contributed by atoms with Gasteiger partial charge in [-0.1, -0.05) is 23.7 Å². The third kappa shape index (κ3) is 6.69. The molecule has 0 aromatic heterocycles. The smallest absolute Gasteiger partial charge is 0.257 e. The molecule has 1 aromatic carbocycles. The molecule has 0 atom stereocenters. The number of para-hydroxylation sites is 1. The van der Waals surface area contributed by atoms with Crippen molar-refractivity contribution in [2.24, 2.45) is 0 Å². The molecule has 0 radical (unpaired) electrons. The van der Waals surface area contributed by atoms with Crippen molar-refractivity contribution >= 4 is 17.5 Å². The molecule has 4 nitrogen and oxygen atoms in total. The van der Waals surface area contributed by atoms with Crippen molar-refractivity contribution < 1.29 is 21.9 Å². The molecule has 0 aliphatic rings. The monoisotopic (exact) mass is 291 g/mol. The highest BCUT2D eigenvalue weighted by molar-refractivity contribution is 6.32. The molecule has 0 saturated carbocycles. The van der Waals surface area contributed by atoms with Crippen LogP contribution in [-0.2, 0) is 4.79 Å². The van der Waals surface area contributed by atoms with Crippen molar-refractivity contribution in [2.45, 2.75) is 0 Å². The maximum absolute atomic E-state index is 11.4. The minimum atomic E-state index is -0.147. The summed E-state index contributed by atoms with van der Waals surface area (Å²) in [6.07, 6.45) is 0. The van der Waals surface area contributed by atoms with Gasteiger partial charge in [-0.3, -0.25) is 4.79 Å². The van der Waals surface area contributed by atoms with Gasteiger partial charge in [-0.25, -0.2) is 0 Å². The van der Waals surface area contributed by atoms with Crippen LogP contribution >= 0.6 is 11.6 Å². The van der Waals surface area contributed by atoms with Gasteiger partial charge >= 0.3 is 0 Å². The number of carbonyl (C=O) groups excluding carboxylic acids is 1. The first kappa shape index (κ1) is 17.0. The van der Waals surface area contributed by atoms with Gasteiger partial charge in [0.2, 0.25) is 0 Å². The molecule has 0 heterocycles. The number of likely N-dealkylation sites (N-methyl/N-ethyl adjacent to an activating group) is 1. The van der Waals surface area contributed by atoms with Gasteiger partial charge in [0.25, 0.3) is 5.91 Å². The minimum Gasteiger partial charge on any atom is -1.00 e. The number of ether oxygens (including phenoxy) is 1. The van der Waals surface area contributed by atoms with E-state index in [1.54, 1.807) is 12.1 Å². The Bertz CT molecular complexity index is 373. The van der Waals surface area contributed by atoms with Crippen molar-refractivity contribution in [3.63, 3.8) is 0 Å². The SMILES string of the molecule is CN(C)CCNC(=O)COc1ccccc1Cl.[Cl-]. The topological polar surface area (TPSA) is 41.6 Å². The Hall–Kier alpha value is -0.970. The van der Waals surface area contributed by atoms with E-state index >= 15 is 0 Å². The van der Waals surface area contributed by atoms with Crippen molar-refractivity contribution in [3.05, 3.63) is 29.3 Å². The number of carbonyl (C=O) groups is 1. The first-order chi connectivity index (χ1) is 8.09. The Morgan fingerprint density at radius 2 is 2.06 bits per heavy atom. The molecule has 6 heteroatoms. The zero-order valence-electron chi connectivity index (χ0n) is 10.5. The molecule has 1 rings (SSSR count). The molecule has 0 aliphatic heterocycles. The molecule has 1 N–H and O–H groups in total. The lowest BCUT2D eigenvalue weighted by atomic mass is 10.3. The molecular weight excluding hydrogens is 275 g/mol. The van der Waals surface area contributed by atoms with Gasteiger partial charge in [-0.05, 0) is 26.2 Å². The van der Waals surface area contributed by atoms with Gasteiger partial charge in [-0.15, -0.1) is 0 Å². The van der Waals surface area contributed by atoms with Crippen LogP contribution in [0.1, 0.15) is 0 Å².